The van der Waals surface area contributed by atoms with Gasteiger partial charge in [-0.25, -0.2) is 0 Å². The first-order valence-corrected chi connectivity index (χ1v) is 6.95. The van der Waals surface area contributed by atoms with Crippen LogP contribution in [0.1, 0.15) is 24.3 Å². The molecule has 102 valence electrons. The van der Waals surface area contributed by atoms with Crippen molar-refractivity contribution in [2.24, 2.45) is 0 Å². The lowest BCUT2D eigenvalue weighted by Crippen LogP contribution is -2.32. The molecule has 1 unspecified atom stereocenters. The molecule has 0 aliphatic carbocycles. The maximum absolute atomic E-state index is 11.5. The molecule has 0 aromatic heterocycles. The van der Waals surface area contributed by atoms with Crippen LogP contribution in [0.15, 0.2) is 48.5 Å². The Labute approximate surface area is 118 Å². The number of amides is 1. The summed E-state index contributed by atoms with van der Waals surface area (Å²) in [5.74, 6) is 0.436. The fourth-order valence-electron chi connectivity index (χ4n) is 2.76. The molecule has 0 radical (unpaired) electrons. The molecular weight excluding hydrogens is 248 g/mol. The van der Waals surface area contributed by atoms with Gasteiger partial charge in [0.25, 0.3) is 0 Å². The highest BCUT2D eigenvalue weighted by Crippen LogP contribution is 2.32. The van der Waals surface area contributed by atoms with Crippen LogP contribution in [0.3, 0.4) is 0 Å². The van der Waals surface area contributed by atoms with E-state index < -0.39 is 0 Å². The predicted molar refractivity (Wildman–Crippen MR) is 81.3 cm³/mol. The molecule has 1 atom stereocenters. The molecule has 3 heteroatoms. The minimum absolute atomic E-state index is 0.138. The summed E-state index contributed by atoms with van der Waals surface area (Å²) in [6.45, 7) is 0.758. The second-order valence-electron chi connectivity index (χ2n) is 5.25. The zero-order valence-corrected chi connectivity index (χ0v) is 11.3. The van der Waals surface area contributed by atoms with E-state index >= 15 is 0 Å². The third-order valence-electron chi connectivity index (χ3n) is 3.88. The number of hydrogen-bond donors (Lipinski definition) is 2. The average molecular weight is 266 g/mol. The Bertz CT molecular complexity index is 622. The first kappa shape index (κ1) is 12.7. The Morgan fingerprint density at radius 3 is 2.65 bits per heavy atom. The van der Waals surface area contributed by atoms with Gasteiger partial charge in [0.2, 0.25) is 5.91 Å². The number of benzene rings is 2. The Hall–Kier alpha value is -2.29. The lowest BCUT2D eigenvalue weighted by atomic mass is 9.87. The molecule has 3 rings (SSSR count). The summed E-state index contributed by atoms with van der Waals surface area (Å²) in [5, 5.41) is 2.88. The molecule has 1 aliphatic rings. The first-order valence-electron chi connectivity index (χ1n) is 6.95. The van der Waals surface area contributed by atoms with Gasteiger partial charge in [0, 0.05) is 24.2 Å². The number of rotatable bonds is 2. The monoisotopic (exact) mass is 266 g/mol. The molecule has 1 amide bonds. The first-order chi connectivity index (χ1) is 9.74. The van der Waals surface area contributed by atoms with Crippen molar-refractivity contribution < 1.29 is 4.79 Å². The topological polar surface area (TPSA) is 55.1 Å². The van der Waals surface area contributed by atoms with Crippen molar-refractivity contribution >= 4 is 11.6 Å². The van der Waals surface area contributed by atoms with Crippen molar-refractivity contribution in [2.75, 3.05) is 12.3 Å². The highest BCUT2D eigenvalue weighted by Gasteiger charge is 2.21. The van der Waals surface area contributed by atoms with Crippen LogP contribution in [-0.4, -0.2) is 12.5 Å². The van der Waals surface area contributed by atoms with E-state index in [1.54, 1.807) is 0 Å². The van der Waals surface area contributed by atoms with Crippen LogP contribution in [0.5, 0.6) is 0 Å². The van der Waals surface area contributed by atoms with Crippen molar-refractivity contribution in [3.63, 3.8) is 0 Å². The number of nitrogens with one attached hydrogen (secondary N) is 1. The van der Waals surface area contributed by atoms with E-state index in [0.29, 0.717) is 12.3 Å². The Morgan fingerprint density at radius 2 is 1.90 bits per heavy atom. The average Bonchev–Trinajstić information content (AvgIpc) is 2.48. The lowest BCUT2D eigenvalue weighted by molar-refractivity contribution is -0.122. The fourth-order valence-corrected chi connectivity index (χ4v) is 2.76. The van der Waals surface area contributed by atoms with E-state index in [0.717, 1.165) is 29.8 Å². The molecule has 3 N–H and O–H groups in total. The van der Waals surface area contributed by atoms with Gasteiger partial charge in [-0.1, -0.05) is 36.4 Å². The number of carbonyl (C=O) groups excluding carboxylic acids is 1. The van der Waals surface area contributed by atoms with Crippen molar-refractivity contribution in [2.45, 2.75) is 18.8 Å². The SMILES string of the molecule is Nc1ccc(C2CCNC(=O)C2)cc1-c1ccccc1. The fraction of sp³-hybridized carbons (Fsp3) is 0.235. The van der Waals surface area contributed by atoms with Crippen LogP contribution in [0.25, 0.3) is 11.1 Å². The van der Waals surface area contributed by atoms with Crippen LogP contribution in [0.2, 0.25) is 0 Å². The quantitative estimate of drug-likeness (QED) is 0.821. The van der Waals surface area contributed by atoms with E-state index in [4.69, 9.17) is 5.73 Å². The zero-order valence-electron chi connectivity index (χ0n) is 11.3. The maximum atomic E-state index is 11.5. The van der Waals surface area contributed by atoms with Gasteiger partial charge in [0.15, 0.2) is 0 Å². The van der Waals surface area contributed by atoms with Gasteiger partial charge in [-0.2, -0.15) is 0 Å². The molecule has 1 saturated heterocycles. The summed E-state index contributed by atoms with van der Waals surface area (Å²) in [6, 6.07) is 16.3. The maximum Gasteiger partial charge on any atom is 0.220 e. The summed E-state index contributed by atoms with van der Waals surface area (Å²) in [5.41, 5.74) is 10.2. The van der Waals surface area contributed by atoms with Crippen LogP contribution >= 0.6 is 0 Å². The second-order valence-corrected chi connectivity index (χ2v) is 5.25. The van der Waals surface area contributed by atoms with E-state index in [-0.39, 0.29) is 5.91 Å². The van der Waals surface area contributed by atoms with Crippen molar-refractivity contribution in [1.82, 2.24) is 5.32 Å². The molecule has 20 heavy (non-hydrogen) atoms. The summed E-state index contributed by atoms with van der Waals surface area (Å²) in [4.78, 5) is 11.5. The normalized spacial score (nSPS) is 18.6. The van der Waals surface area contributed by atoms with Crippen LogP contribution in [0, 0.1) is 0 Å². The molecule has 2 aromatic carbocycles. The minimum Gasteiger partial charge on any atom is -0.398 e. The molecule has 3 nitrogen and oxygen atoms in total. The largest absolute Gasteiger partial charge is 0.398 e. The van der Waals surface area contributed by atoms with Gasteiger partial charge < -0.3 is 11.1 Å². The van der Waals surface area contributed by atoms with E-state index in [1.807, 2.05) is 30.3 Å². The van der Waals surface area contributed by atoms with Crippen molar-refractivity contribution in [1.29, 1.82) is 0 Å². The molecule has 1 heterocycles. The predicted octanol–water partition coefficient (Wildman–Crippen LogP) is 2.93. The van der Waals surface area contributed by atoms with Gasteiger partial charge in [0.05, 0.1) is 0 Å². The van der Waals surface area contributed by atoms with E-state index in [9.17, 15) is 4.79 Å². The van der Waals surface area contributed by atoms with Crippen molar-refractivity contribution in [3.05, 3.63) is 54.1 Å². The number of nitrogen functional groups attached to an aromatic ring is 1. The third kappa shape index (κ3) is 2.52. The number of piperidine rings is 1. The third-order valence-corrected chi connectivity index (χ3v) is 3.88. The smallest absolute Gasteiger partial charge is 0.220 e. The molecule has 0 bridgehead atoms. The molecule has 0 spiro atoms. The van der Waals surface area contributed by atoms with Crippen LogP contribution in [-0.2, 0) is 4.79 Å². The Kier molecular flexibility index (Phi) is 3.42. The summed E-state index contributed by atoms with van der Waals surface area (Å²) in [7, 11) is 0. The van der Waals surface area contributed by atoms with Gasteiger partial charge >= 0.3 is 0 Å². The molecular formula is C17H18N2O. The number of carbonyl (C=O) groups is 1. The van der Waals surface area contributed by atoms with Crippen LogP contribution in [0.4, 0.5) is 5.69 Å². The molecule has 0 saturated carbocycles. The zero-order chi connectivity index (χ0) is 13.9. The minimum atomic E-state index is 0.138. The van der Waals surface area contributed by atoms with Gasteiger partial charge in [-0.15, -0.1) is 0 Å². The number of hydrogen-bond acceptors (Lipinski definition) is 2. The highest BCUT2D eigenvalue weighted by atomic mass is 16.1. The Balaban J connectivity index is 1.96. The second kappa shape index (κ2) is 5.37. The highest BCUT2D eigenvalue weighted by molar-refractivity contribution is 5.79. The lowest BCUT2D eigenvalue weighted by Gasteiger charge is -2.23. The summed E-state index contributed by atoms with van der Waals surface area (Å²) < 4.78 is 0. The molecule has 2 aromatic rings. The standard InChI is InChI=1S/C17H18N2O/c18-16-7-6-13(14-8-9-19-17(20)11-14)10-15(16)12-4-2-1-3-5-12/h1-7,10,14H,8-9,11,18H2,(H,19,20). The summed E-state index contributed by atoms with van der Waals surface area (Å²) in [6.07, 6.45) is 1.56. The van der Waals surface area contributed by atoms with Gasteiger partial charge in [-0.3, -0.25) is 4.79 Å². The Morgan fingerprint density at radius 1 is 1.10 bits per heavy atom. The van der Waals surface area contributed by atoms with E-state index in [2.05, 4.69) is 23.5 Å². The number of nitrogens with two attached hydrogens (primary N) is 1. The van der Waals surface area contributed by atoms with Gasteiger partial charge in [0.1, 0.15) is 0 Å². The van der Waals surface area contributed by atoms with Crippen LogP contribution < -0.4 is 11.1 Å². The van der Waals surface area contributed by atoms with E-state index in [1.165, 1.54) is 5.56 Å². The van der Waals surface area contributed by atoms with Crippen molar-refractivity contribution in [3.8, 4) is 11.1 Å². The van der Waals surface area contributed by atoms with Gasteiger partial charge in [-0.05, 0) is 35.6 Å². The number of anilines is 1. The molecule has 1 aliphatic heterocycles. The summed E-state index contributed by atoms with van der Waals surface area (Å²) >= 11 is 0. The molecule has 1 fully saturated rings.